The Morgan fingerprint density at radius 1 is 1.62 bits per heavy atom. The number of carboxylic acid groups (broad SMARTS) is 1. The molecule has 0 fully saturated rings. The van der Waals surface area contributed by atoms with E-state index in [0.717, 1.165) is 11.3 Å². The van der Waals surface area contributed by atoms with Crippen LogP contribution in [0.1, 0.15) is 16.7 Å². The Morgan fingerprint density at radius 3 is 2.69 bits per heavy atom. The second kappa shape index (κ2) is 4.67. The monoisotopic (exact) mass is 216 g/mol. The fraction of sp³-hybridized carbons (Fsp3) is 0.444. The summed E-state index contributed by atoms with van der Waals surface area (Å²) < 4.78 is 0. The summed E-state index contributed by atoms with van der Waals surface area (Å²) >= 11 is 5.65. The number of thiol groups is 1. The zero-order valence-electron chi connectivity index (χ0n) is 7.36. The number of rotatable bonds is 4. The number of aryl methyl sites for hydroxylation is 1. The van der Waals surface area contributed by atoms with Crippen LogP contribution in [-0.4, -0.2) is 16.3 Å². The molecule has 0 aliphatic rings. The predicted octanol–water partition coefficient (Wildman–Crippen LogP) is 2.24. The highest BCUT2D eigenvalue weighted by Gasteiger charge is 2.13. The molecule has 1 unspecified atom stereocenters. The van der Waals surface area contributed by atoms with Crippen LogP contribution in [-0.2, 0) is 17.6 Å². The Morgan fingerprint density at radius 2 is 2.23 bits per heavy atom. The first-order chi connectivity index (χ1) is 6.13. The van der Waals surface area contributed by atoms with Gasteiger partial charge in [0.25, 0.3) is 0 Å². The summed E-state index contributed by atoms with van der Waals surface area (Å²) in [5, 5.41) is 8.06. The van der Waals surface area contributed by atoms with Gasteiger partial charge in [-0.05, 0) is 18.6 Å². The van der Waals surface area contributed by atoms with Gasteiger partial charge in [0.2, 0.25) is 0 Å². The van der Waals surface area contributed by atoms with Gasteiger partial charge in [-0.2, -0.15) is 12.6 Å². The zero-order chi connectivity index (χ0) is 9.84. The summed E-state index contributed by atoms with van der Waals surface area (Å²) in [6, 6.07) is 4.03. The topological polar surface area (TPSA) is 37.3 Å². The first-order valence-electron chi connectivity index (χ1n) is 4.12. The normalized spacial score (nSPS) is 12.8. The van der Waals surface area contributed by atoms with Gasteiger partial charge in [0.05, 0.1) is 0 Å². The first-order valence-corrected chi connectivity index (χ1v) is 5.45. The van der Waals surface area contributed by atoms with Crippen LogP contribution in [0.15, 0.2) is 12.1 Å². The lowest BCUT2D eigenvalue weighted by atomic mass is 10.2. The molecule has 13 heavy (non-hydrogen) atoms. The molecule has 0 saturated carbocycles. The zero-order valence-corrected chi connectivity index (χ0v) is 9.07. The molecule has 2 nitrogen and oxygen atoms in total. The van der Waals surface area contributed by atoms with Crippen molar-refractivity contribution in [1.82, 2.24) is 0 Å². The summed E-state index contributed by atoms with van der Waals surface area (Å²) in [6.45, 7) is 2.09. The third-order valence-electron chi connectivity index (χ3n) is 1.75. The second-order valence-corrected chi connectivity index (χ2v) is 4.66. The predicted molar refractivity (Wildman–Crippen MR) is 57.8 cm³/mol. The molecule has 0 aromatic carbocycles. The van der Waals surface area contributed by atoms with Gasteiger partial charge < -0.3 is 5.11 Å². The molecular weight excluding hydrogens is 204 g/mol. The average molecular weight is 216 g/mol. The quantitative estimate of drug-likeness (QED) is 0.757. The average Bonchev–Trinajstić information content (AvgIpc) is 2.52. The maximum absolute atomic E-state index is 10.5. The number of aliphatic carboxylic acids is 1. The summed E-state index contributed by atoms with van der Waals surface area (Å²) in [5.41, 5.74) is 0. The second-order valence-electron chi connectivity index (χ2n) is 2.78. The molecule has 0 spiro atoms. The maximum Gasteiger partial charge on any atom is 0.316 e. The van der Waals surface area contributed by atoms with Gasteiger partial charge in [0.1, 0.15) is 5.25 Å². The van der Waals surface area contributed by atoms with Crippen molar-refractivity contribution in [3.8, 4) is 0 Å². The molecule has 0 radical (unpaired) electrons. The Bertz CT molecular complexity index is 294. The molecule has 1 heterocycles. The van der Waals surface area contributed by atoms with Crippen molar-refractivity contribution >= 4 is 29.9 Å². The Labute approximate surface area is 87.0 Å². The van der Waals surface area contributed by atoms with E-state index in [0.29, 0.717) is 6.42 Å². The lowest BCUT2D eigenvalue weighted by Crippen LogP contribution is -2.15. The summed E-state index contributed by atoms with van der Waals surface area (Å²) in [7, 11) is 0. The Kier molecular flexibility index (Phi) is 3.81. The molecule has 72 valence electrons. The van der Waals surface area contributed by atoms with E-state index in [1.807, 2.05) is 12.1 Å². The minimum absolute atomic E-state index is 0.517. The molecule has 1 N–H and O–H groups in total. The molecule has 0 aliphatic carbocycles. The molecule has 0 bridgehead atoms. The number of carboxylic acids is 1. The third-order valence-corrected chi connectivity index (χ3v) is 3.40. The van der Waals surface area contributed by atoms with E-state index in [-0.39, 0.29) is 0 Å². The van der Waals surface area contributed by atoms with E-state index >= 15 is 0 Å². The number of carbonyl (C=O) groups is 1. The minimum Gasteiger partial charge on any atom is -0.480 e. The van der Waals surface area contributed by atoms with E-state index in [9.17, 15) is 4.79 Å². The van der Waals surface area contributed by atoms with Crippen molar-refractivity contribution in [3.63, 3.8) is 0 Å². The fourth-order valence-corrected chi connectivity index (χ4v) is 2.32. The van der Waals surface area contributed by atoms with Crippen molar-refractivity contribution in [2.24, 2.45) is 0 Å². The highest BCUT2D eigenvalue weighted by atomic mass is 32.1. The molecular formula is C9H12O2S2. The van der Waals surface area contributed by atoms with Crippen molar-refractivity contribution in [3.05, 3.63) is 21.9 Å². The van der Waals surface area contributed by atoms with Crippen LogP contribution in [0.2, 0.25) is 0 Å². The van der Waals surface area contributed by atoms with Crippen LogP contribution in [0, 0.1) is 0 Å². The number of thiophene rings is 1. The smallest absolute Gasteiger partial charge is 0.316 e. The number of hydrogen-bond acceptors (Lipinski definition) is 3. The SMILES string of the molecule is CCc1ccc(CC(S)C(=O)O)s1. The van der Waals surface area contributed by atoms with E-state index in [2.05, 4.69) is 19.6 Å². The van der Waals surface area contributed by atoms with Gasteiger partial charge in [-0.3, -0.25) is 4.79 Å². The van der Waals surface area contributed by atoms with Gasteiger partial charge in [-0.15, -0.1) is 11.3 Å². The van der Waals surface area contributed by atoms with E-state index < -0.39 is 11.2 Å². The van der Waals surface area contributed by atoms with Gasteiger partial charge in [0.15, 0.2) is 0 Å². The highest BCUT2D eigenvalue weighted by molar-refractivity contribution is 7.81. The molecule has 0 aliphatic heterocycles. The summed E-state index contributed by atoms with van der Waals surface area (Å²) in [4.78, 5) is 12.9. The highest BCUT2D eigenvalue weighted by Crippen LogP contribution is 2.19. The first kappa shape index (κ1) is 10.6. The molecule has 0 amide bonds. The van der Waals surface area contributed by atoms with Crippen LogP contribution < -0.4 is 0 Å². The van der Waals surface area contributed by atoms with Crippen LogP contribution >= 0.6 is 24.0 Å². The third kappa shape index (κ3) is 3.04. The van der Waals surface area contributed by atoms with E-state index in [1.54, 1.807) is 11.3 Å². The van der Waals surface area contributed by atoms with Gasteiger partial charge in [-0.25, -0.2) is 0 Å². The number of hydrogen-bond donors (Lipinski definition) is 2. The van der Waals surface area contributed by atoms with Crippen molar-refractivity contribution in [2.45, 2.75) is 25.0 Å². The van der Waals surface area contributed by atoms with Gasteiger partial charge in [0, 0.05) is 16.2 Å². The van der Waals surface area contributed by atoms with Crippen molar-refractivity contribution in [2.75, 3.05) is 0 Å². The Hall–Kier alpha value is -0.480. The fourth-order valence-electron chi connectivity index (χ4n) is 1.000. The lowest BCUT2D eigenvalue weighted by Gasteiger charge is -2.01. The Balaban J connectivity index is 2.58. The molecule has 1 atom stereocenters. The van der Waals surface area contributed by atoms with Crippen LogP contribution in [0.3, 0.4) is 0 Å². The maximum atomic E-state index is 10.5. The molecule has 1 rings (SSSR count). The van der Waals surface area contributed by atoms with Crippen molar-refractivity contribution < 1.29 is 9.90 Å². The summed E-state index contributed by atoms with van der Waals surface area (Å²) in [5.74, 6) is -0.852. The van der Waals surface area contributed by atoms with Gasteiger partial charge >= 0.3 is 5.97 Å². The van der Waals surface area contributed by atoms with Crippen LogP contribution in [0.4, 0.5) is 0 Å². The molecule has 1 aromatic rings. The largest absolute Gasteiger partial charge is 0.480 e. The summed E-state index contributed by atoms with van der Waals surface area (Å²) in [6.07, 6.45) is 1.53. The van der Waals surface area contributed by atoms with Gasteiger partial charge in [-0.1, -0.05) is 6.92 Å². The lowest BCUT2D eigenvalue weighted by molar-refractivity contribution is -0.136. The van der Waals surface area contributed by atoms with Crippen LogP contribution in [0.25, 0.3) is 0 Å². The molecule has 1 aromatic heterocycles. The minimum atomic E-state index is -0.852. The molecule has 0 saturated heterocycles. The van der Waals surface area contributed by atoms with E-state index in [4.69, 9.17) is 5.11 Å². The van der Waals surface area contributed by atoms with Crippen molar-refractivity contribution in [1.29, 1.82) is 0 Å². The standard InChI is InChI=1S/C9H12O2S2/c1-2-6-3-4-7(13-6)5-8(12)9(10)11/h3-4,8,12H,2,5H2,1H3,(H,10,11). The molecule has 4 heteroatoms. The van der Waals surface area contributed by atoms with E-state index in [1.165, 1.54) is 4.88 Å². The van der Waals surface area contributed by atoms with Crippen LogP contribution in [0.5, 0.6) is 0 Å².